The molecule has 0 radical (unpaired) electrons. The number of aliphatic hydroxyl groups is 1. The zero-order valence-corrected chi connectivity index (χ0v) is 38.8. The Morgan fingerprint density at radius 1 is 0.645 bits per heavy atom. The molecule has 0 aliphatic heterocycles. The Balaban J connectivity index is 1.27. The molecule has 62 heavy (non-hydrogen) atoms. The van der Waals surface area contributed by atoms with Crippen molar-refractivity contribution in [3.8, 4) is 0 Å². The van der Waals surface area contributed by atoms with Crippen LogP contribution < -0.4 is 20.4 Å². The number of thioether (sulfide) groups is 1. The van der Waals surface area contributed by atoms with Crippen LogP contribution in [-0.4, -0.2) is 93.3 Å². The third-order valence-corrected chi connectivity index (χ3v) is 16.1. The van der Waals surface area contributed by atoms with Gasteiger partial charge in [0.2, 0.25) is 11.9 Å². The van der Waals surface area contributed by atoms with Crippen LogP contribution in [-0.2, 0) is 20.2 Å². The molecule has 5 heterocycles. The highest BCUT2D eigenvalue weighted by molar-refractivity contribution is 7.99. The highest BCUT2D eigenvalue weighted by Crippen LogP contribution is 2.42. The van der Waals surface area contributed by atoms with E-state index in [9.17, 15) is 31.0 Å². The molecule has 0 bridgehead atoms. The first-order chi connectivity index (χ1) is 29.7. The van der Waals surface area contributed by atoms with Crippen LogP contribution in [0.5, 0.6) is 0 Å². The normalized spacial score (nSPS) is 12.4. The summed E-state index contributed by atoms with van der Waals surface area (Å²) in [6, 6.07) is 13.8. The minimum absolute atomic E-state index is 0.129. The van der Waals surface area contributed by atoms with Gasteiger partial charge in [-0.05, 0) is 99.3 Å². The number of nitrogens with one attached hydrogen (secondary N) is 2. The van der Waals surface area contributed by atoms with E-state index in [1.54, 1.807) is 12.1 Å². The van der Waals surface area contributed by atoms with E-state index in [4.69, 9.17) is 4.98 Å². The van der Waals surface area contributed by atoms with Gasteiger partial charge in [0, 0.05) is 43.3 Å². The number of nitrogens with zero attached hydrogens (tertiary/aromatic N) is 11. The molecule has 0 saturated heterocycles. The molecule has 27 heteroatoms. The first-order valence-electron chi connectivity index (χ1n) is 18.6. The van der Waals surface area contributed by atoms with Crippen LogP contribution in [0.2, 0.25) is 0 Å². The molecule has 0 saturated carbocycles. The number of thiophene rings is 2. The summed E-state index contributed by atoms with van der Waals surface area (Å²) in [6.45, 7) is 10.9. The van der Waals surface area contributed by atoms with Crippen LogP contribution in [0.4, 0.5) is 56.0 Å². The van der Waals surface area contributed by atoms with Crippen molar-refractivity contribution in [1.82, 2.24) is 23.7 Å². The van der Waals surface area contributed by atoms with Gasteiger partial charge in [-0.3, -0.25) is 9.11 Å². The Morgan fingerprint density at radius 3 is 1.47 bits per heavy atom. The summed E-state index contributed by atoms with van der Waals surface area (Å²) in [5.74, 6) is 0.566. The van der Waals surface area contributed by atoms with E-state index in [0.717, 1.165) is 83.3 Å². The molecule has 0 atom stereocenters. The topological polar surface area (TPSA) is 273 Å². The molecule has 5 N–H and O–H groups in total. The number of fused-ring (bicyclic) bond motifs is 2. The zero-order chi connectivity index (χ0) is 44.2. The van der Waals surface area contributed by atoms with Crippen LogP contribution in [0.3, 0.4) is 0 Å². The summed E-state index contributed by atoms with van der Waals surface area (Å²) in [5.41, 5.74) is 3.53. The number of anilines is 6. The van der Waals surface area contributed by atoms with Crippen LogP contribution in [0.25, 0.3) is 20.4 Å². The van der Waals surface area contributed by atoms with Gasteiger partial charge < -0.3 is 25.5 Å². The van der Waals surface area contributed by atoms with Gasteiger partial charge in [-0.25, -0.2) is 0 Å². The summed E-state index contributed by atoms with van der Waals surface area (Å²) >= 11 is 4.95. The first-order valence-corrected chi connectivity index (χ1v) is 25.6. The van der Waals surface area contributed by atoms with E-state index in [0.29, 0.717) is 64.1 Å². The molecule has 5 aromatic heterocycles. The van der Waals surface area contributed by atoms with Crippen LogP contribution >= 0.6 is 57.5 Å². The molecule has 0 unspecified atom stereocenters. The Morgan fingerprint density at radius 2 is 1.08 bits per heavy atom. The van der Waals surface area contributed by atoms with Crippen molar-refractivity contribution < 1.29 is 31.0 Å². The molecular weight excluding hydrogens is 939 g/mol. The lowest BCUT2D eigenvalue weighted by Gasteiger charge is -2.22. The smallest absolute Gasteiger partial charge is 0.304 e. The molecule has 0 amide bonds. The maximum atomic E-state index is 11.8. The Labute approximate surface area is 375 Å². The minimum Gasteiger partial charge on any atom is -0.396 e. The average molecular weight is 976 g/mol. The Hall–Kier alpha value is -4.84. The second kappa shape index (κ2) is 19.3. The monoisotopic (exact) mass is 975 g/mol. The van der Waals surface area contributed by atoms with Gasteiger partial charge in [0.15, 0.2) is 15.2 Å². The average Bonchev–Trinajstić information content (AvgIpc) is 4.03. The number of hydrogen-bond acceptors (Lipinski definition) is 23. The van der Waals surface area contributed by atoms with Crippen LogP contribution in [0.1, 0.15) is 27.7 Å². The quantitative estimate of drug-likeness (QED) is 0.0286. The van der Waals surface area contributed by atoms with E-state index in [1.807, 2.05) is 52.0 Å². The van der Waals surface area contributed by atoms with E-state index >= 15 is 0 Å². The number of hydrogen-bond donors (Lipinski definition) is 5. The Bertz CT molecular complexity index is 2820. The number of aromatic nitrogens is 5. The van der Waals surface area contributed by atoms with E-state index in [1.165, 1.54) is 23.9 Å². The van der Waals surface area contributed by atoms with Crippen molar-refractivity contribution in [2.75, 3.05) is 59.0 Å². The van der Waals surface area contributed by atoms with Gasteiger partial charge in [-0.2, -0.15) is 40.5 Å². The highest BCUT2D eigenvalue weighted by atomic mass is 32.3. The van der Waals surface area contributed by atoms with E-state index < -0.39 is 20.2 Å². The van der Waals surface area contributed by atoms with Gasteiger partial charge in [0.1, 0.15) is 29.5 Å². The van der Waals surface area contributed by atoms with E-state index in [2.05, 4.69) is 59.6 Å². The van der Waals surface area contributed by atoms with Crippen molar-refractivity contribution in [1.29, 1.82) is 0 Å². The highest BCUT2D eigenvalue weighted by Gasteiger charge is 2.21. The number of aliphatic hydroxyl groups excluding tert-OH is 1. The molecular formula is C35H37N13O7S7. The predicted molar refractivity (Wildman–Crippen MR) is 247 cm³/mol. The molecule has 7 rings (SSSR count). The lowest BCUT2D eigenvalue weighted by atomic mass is 10.2. The first kappa shape index (κ1) is 45.2. The maximum Gasteiger partial charge on any atom is 0.304 e. The fourth-order valence-corrected chi connectivity index (χ4v) is 11.5. The lowest BCUT2D eigenvalue weighted by Crippen LogP contribution is -2.21. The molecule has 0 spiro atoms. The van der Waals surface area contributed by atoms with Gasteiger partial charge in [0.25, 0.3) is 0 Å². The van der Waals surface area contributed by atoms with Crippen molar-refractivity contribution in [2.45, 2.75) is 41.3 Å². The lowest BCUT2D eigenvalue weighted by molar-refractivity contribution is 0.322. The molecule has 0 aliphatic rings. The molecule has 20 nitrogen and oxygen atoms in total. The second-order valence-corrected chi connectivity index (χ2v) is 20.7. The largest absolute Gasteiger partial charge is 0.396 e. The van der Waals surface area contributed by atoms with Gasteiger partial charge in [-0.1, -0.05) is 11.8 Å². The molecule has 7 aromatic rings. The Kier molecular flexibility index (Phi) is 14.0. The molecule has 326 valence electrons. The summed E-state index contributed by atoms with van der Waals surface area (Å²) in [7, 11) is -8.85. The van der Waals surface area contributed by atoms with Crippen LogP contribution in [0, 0.1) is 0 Å². The SMILES string of the molecule is CCN(CC)c1ccc(/N=N/c2snc3sc(S(=O)(=O)O)cc23)c(Nc2nc(Nc3cc(N(CC)CC)ccc3/N=N/c3snc4sc(S(=O)(=O)O)cc34)nc(SCCO)n2)c1. The maximum absolute atomic E-state index is 11.8. The van der Waals surface area contributed by atoms with Gasteiger partial charge in [-0.15, -0.1) is 43.1 Å². The van der Waals surface area contributed by atoms with Crippen molar-refractivity contribution in [3.63, 3.8) is 0 Å². The minimum atomic E-state index is -4.43. The summed E-state index contributed by atoms with van der Waals surface area (Å²) < 4.78 is 74.3. The number of benzene rings is 2. The van der Waals surface area contributed by atoms with Gasteiger partial charge in [0.05, 0.1) is 28.8 Å². The number of azo groups is 2. The van der Waals surface area contributed by atoms with Crippen molar-refractivity contribution in [3.05, 3.63) is 48.5 Å². The number of rotatable bonds is 19. The molecule has 0 fully saturated rings. The van der Waals surface area contributed by atoms with E-state index in [-0.39, 0.29) is 26.9 Å². The van der Waals surface area contributed by atoms with Crippen molar-refractivity contribution in [2.24, 2.45) is 20.5 Å². The molecule has 0 aliphatic carbocycles. The fraction of sp³-hybridized carbons (Fsp3) is 0.286. The van der Waals surface area contributed by atoms with Crippen molar-refractivity contribution >= 4 is 154 Å². The standard InChI is InChI=1S/C35H37N13O7S7/c1-5-47(6-2)19-9-11-23(41-43-29-21-17-27(61(50,51)52)57-31(21)45-59-29)25(15-19)36-33-38-34(40-35(39-33)56-14-13-49)37-26-16-20(48(7-3)8-4)10-12-24(26)42-44-30-22-18-28(62(53,54)55)58-32(22)46-60-30/h9-12,15-18,49H,5-8,13-14H2,1-4H3,(H,50,51,52)(H,53,54,55)(H2,36,37,38,39,40)/b43-41+,44-42+. The third kappa shape index (κ3) is 10.3. The summed E-state index contributed by atoms with van der Waals surface area (Å²) in [6.07, 6.45) is 0. The van der Waals surface area contributed by atoms with Gasteiger partial charge >= 0.3 is 20.2 Å². The summed E-state index contributed by atoms with van der Waals surface area (Å²) in [4.78, 5) is 19.1. The fourth-order valence-electron chi connectivity index (χ4n) is 5.93. The predicted octanol–water partition coefficient (Wildman–Crippen LogP) is 9.80. The van der Waals surface area contributed by atoms with Crippen LogP contribution in [0.15, 0.2) is 82.6 Å². The summed E-state index contributed by atoms with van der Waals surface area (Å²) in [5, 5.41) is 36.0. The second-order valence-electron chi connectivity index (χ2n) is 12.7. The molecule has 2 aromatic carbocycles. The third-order valence-electron chi connectivity index (χ3n) is 8.92. The zero-order valence-electron chi connectivity index (χ0n) is 33.1.